The minimum Gasteiger partial charge on any atom is -0.462 e. The molecule has 0 amide bonds. The molecule has 0 aromatic rings. The summed E-state index contributed by atoms with van der Waals surface area (Å²) in [5, 5.41) is 0. The number of allylic oxidation sites excluding steroid dienone is 2. The number of carbonyl (C=O) groups is 1. The topological polar surface area (TPSA) is 26.3 Å². The molecule has 0 saturated heterocycles. The van der Waals surface area contributed by atoms with Crippen LogP contribution in [0.15, 0.2) is 12.2 Å². The Balaban J connectivity index is 1.64. The van der Waals surface area contributed by atoms with Crippen LogP contribution >= 0.6 is 0 Å². The van der Waals surface area contributed by atoms with Gasteiger partial charge in [-0.2, -0.15) is 0 Å². The summed E-state index contributed by atoms with van der Waals surface area (Å²) in [6, 6.07) is 0. The number of hydrogen-bond donors (Lipinski definition) is 0. The summed E-state index contributed by atoms with van der Waals surface area (Å²) in [4.78, 5) is 11.5. The van der Waals surface area contributed by atoms with Crippen LogP contribution in [0.1, 0.15) is 65.7 Å². The molecule has 0 heterocycles. The van der Waals surface area contributed by atoms with Crippen LogP contribution in [-0.2, 0) is 9.53 Å². The van der Waals surface area contributed by atoms with Gasteiger partial charge >= 0.3 is 5.97 Å². The maximum Gasteiger partial charge on any atom is 0.302 e. The predicted molar refractivity (Wildman–Crippen MR) is 92.1 cm³/mol. The third-order valence-corrected chi connectivity index (χ3v) is 8.31. The summed E-state index contributed by atoms with van der Waals surface area (Å²) in [7, 11) is 0. The zero-order valence-electron chi connectivity index (χ0n) is 15.3. The van der Waals surface area contributed by atoms with Crippen molar-refractivity contribution in [3.05, 3.63) is 12.2 Å². The Kier molecular flexibility index (Phi) is 3.85. The molecule has 0 aliphatic heterocycles. The standard InChI is InChI=1S/C21H31FO2/c1-13(23)24-19-8-7-15-14-12-18(22)17-6-4-5-10-20(17,2)16(14)9-11-21(15,19)3/h5,10,14-19H,4,6-9,11-12H2,1-3H3/t14-,15-,16+,17?,18?,19?,20+,21-/m0/s1. The number of hydrogen-bond acceptors (Lipinski definition) is 2. The van der Waals surface area contributed by atoms with Crippen LogP contribution < -0.4 is 0 Å². The Hall–Kier alpha value is -0.860. The highest BCUT2D eigenvalue weighted by molar-refractivity contribution is 5.66. The zero-order valence-corrected chi connectivity index (χ0v) is 15.3. The number of carbonyl (C=O) groups excluding carboxylic acids is 1. The molecule has 0 radical (unpaired) electrons. The Morgan fingerprint density at radius 3 is 2.67 bits per heavy atom. The van der Waals surface area contributed by atoms with E-state index in [9.17, 15) is 4.79 Å². The van der Waals surface area contributed by atoms with Gasteiger partial charge in [-0.25, -0.2) is 4.39 Å². The monoisotopic (exact) mass is 334 g/mol. The molecule has 8 atom stereocenters. The predicted octanol–water partition coefficient (Wildman–Crippen LogP) is 5.07. The molecule has 3 unspecified atom stereocenters. The van der Waals surface area contributed by atoms with E-state index in [0.29, 0.717) is 17.8 Å². The average Bonchev–Trinajstić information content (AvgIpc) is 2.84. The number of esters is 1. The molecule has 0 aromatic heterocycles. The maximum absolute atomic E-state index is 15.1. The first-order valence-electron chi connectivity index (χ1n) is 9.85. The quantitative estimate of drug-likeness (QED) is 0.494. The van der Waals surface area contributed by atoms with Crippen LogP contribution in [0.25, 0.3) is 0 Å². The van der Waals surface area contributed by atoms with E-state index in [2.05, 4.69) is 26.0 Å². The highest BCUT2D eigenvalue weighted by atomic mass is 19.1. The fraction of sp³-hybridized carbons (Fsp3) is 0.857. The van der Waals surface area contributed by atoms with E-state index in [1.54, 1.807) is 0 Å². The van der Waals surface area contributed by atoms with E-state index in [4.69, 9.17) is 4.74 Å². The van der Waals surface area contributed by atoms with Crippen LogP contribution in [-0.4, -0.2) is 18.2 Å². The third kappa shape index (κ3) is 2.22. The molecule has 4 aliphatic carbocycles. The van der Waals surface area contributed by atoms with Gasteiger partial charge in [-0.3, -0.25) is 4.79 Å². The molecule has 0 spiro atoms. The van der Waals surface area contributed by atoms with Crippen LogP contribution in [0, 0.1) is 34.5 Å². The van der Waals surface area contributed by atoms with Gasteiger partial charge in [0, 0.05) is 12.3 Å². The second kappa shape index (κ2) is 5.57. The highest BCUT2D eigenvalue weighted by Gasteiger charge is 2.62. The van der Waals surface area contributed by atoms with Gasteiger partial charge in [0.05, 0.1) is 0 Å². The lowest BCUT2D eigenvalue weighted by Crippen LogP contribution is -2.55. The zero-order chi connectivity index (χ0) is 17.1. The molecular weight excluding hydrogens is 303 g/mol. The third-order valence-electron chi connectivity index (χ3n) is 8.31. The Bertz CT molecular complexity index is 558. The molecule has 134 valence electrons. The van der Waals surface area contributed by atoms with Crippen molar-refractivity contribution in [1.82, 2.24) is 0 Å². The van der Waals surface area contributed by atoms with E-state index in [1.807, 2.05) is 0 Å². The molecule has 24 heavy (non-hydrogen) atoms. The molecule has 0 bridgehead atoms. The lowest BCUT2D eigenvalue weighted by molar-refractivity contribution is -0.161. The molecule has 2 nitrogen and oxygen atoms in total. The highest BCUT2D eigenvalue weighted by Crippen LogP contribution is 2.66. The Morgan fingerprint density at radius 1 is 1.12 bits per heavy atom. The van der Waals surface area contributed by atoms with Crippen molar-refractivity contribution >= 4 is 5.97 Å². The van der Waals surface area contributed by atoms with Crippen molar-refractivity contribution in [2.75, 3.05) is 0 Å². The van der Waals surface area contributed by atoms with E-state index in [0.717, 1.165) is 44.9 Å². The van der Waals surface area contributed by atoms with Gasteiger partial charge in [-0.05, 0) is 74.0 Å². The van der Waals surface area contributed by atoms with Crippen LogP contribution in [0.5, 0.6) is 0 Å². The van der Waals surface area contributed by atoms with Crippen molar-refractivity contribution in [2.24, 2.45) is 34.5 Å². The number of fused-ring (bicyclic) bond motifs is 5. The number of alkyl halides is 1. The molecule has 4 aliphatic rings. The van der Waals surface area contributed by atoms with Crippen molar-refractivity contribution in [3.63, 3.8) is 0 Å². The van der Waals surface area contributed by atoms with Crippen LogP contribution in [0.2, 0.25) is 0 Å². The summed E-state index contributed by atoms with van der Waals surface area (Å²) in [5.74, 6) is 1.59. The smallest absolute Gasteiger partial charge is 0.302 e. The minimum atomic E-state index is -0.670. The first kappa shape index (κ1) is 16.6. The SMILES string of the molecule is CC(=O)OC1CC[C@H]2[C@@H]3CC(F)C4CCC=C[C@]4(C)[C@@H]3CC[C@]12C. The Morgan fingerprint density at radius 2 is 1.92 bits per heavy atom. The lowest BCUT2D eigenvalue weighted by atomic mass is 9.46. The second-order valence-electron chi connectivity index (χ2n) is 9.30. The van der Waals surface area contributed by atoms with E-state index in [1.165, 1.54) is 6.92 Å². The van der Waals surface area contributed by atoms with Crippen LogP contribution in [0.3, 0.4) is 0 Å². The largest absolute Gasteiger partial charge is 0.462 e. The second-order valence-corrected chi connectivity index (χ2v) is 9.30. The van der Waals surface area contributed by atoms with E-state index >= 15 is 4.39 Å². The number of halogens is 1. The summed E-state index contributed by atoms with van der Waals surface area (Å²) in [6.07, 6.45) is 11.1. The molecular formula is C21H31FO2. The fourth-order valence-corrected chi connectivity index (χ4v) is 7.18. The van der Waals surface area contributed by atoms with Crippen molar-refractivity contribution in [2.45, 2.75) is 78.0 Å². The van der Waals surface area contributed by atoms with Gasteiger partial charge in [0.15, 0.2) is 0 Å². The van der Waals surface area contributed by atoms with E-state index in [-0.39, 0.29) is 28.8 Å². The summed E-state index contributed by atoms with van der Waals surface area (Å²) < 4.78 is 20.8. The molecule has 4 rings (SSSR count). The van der Waals surface area contributed by atoms with Gasteiger partial charge < -0.3 is 4.74 Å². The van der Waals surface area contributed by atoms with Gasteiger partial charge in [-0.15, -0.1) is 0 Å². The summed E-state index contributed by atoms with van der Waals surface area (Å²) >= 11 is 0. The molecule has 0 aromatic carbocycles. The minimum absolute atomic E-state index is 0.0292. The van der Waals surface area contributed by atoms with Crippen molar-refractivity contribution in [1.29, 1.82) is 0 Å². The molecule has 0 N–H and O–H groups in total. The first-order valence-corrected chi connectivity index (χ1v) is 9.85. The molecule has 3 saturated carbocycles. The first-order chi connectivity index (χ1) is 11.4. The molecule has 3 heteroatoms. The van der Waals surface area contributed by atoms with Crippen molar-refractivity contribution < 1.29 is 13.9 Å². The normalized spacial score (nSPS) is 53.0. The maximum atomic E-state index is 15.1. The number of rotatable bonds is 1. The van der Waals surface area contributed by atoms with Crippen LogP contribution in [0.4, 0.5) is 4.39 Å². The van der Waals surface area contributed by atoms with Gasteiger partial charge in [0.25, 0.3) is 0 Å². The Labute approximate surface area is 145 Å². The van der Waals surface area contributed by atoms with Gasteiger partial charge in [0.2, 0.25) is 0 Å². The van der Waals surface area contributed by atoms with Gasteiger partial charge in [-0.1, -0.05) is 26.0 Å². The van der Waals surface area contributed by atoms with Crippen molar-refractivity contribution in [3.8, 4) is 0 Å². The lowest BCUT2D eigenvalue weighted by Gasteiger charge is -2.59. The van der Waals surface area contributed by atoms with E-state index < -0.39 is 6.17 Å². The average molecular weight is 334 g/mol. The van der Waals surface area contributed by atoms with Gasteiger partial charge in [0.1, 0.15) is 12.3 Å². The summed E-state index contributed by atoms with van der Waals surface area (Å²) in [6.45, 7) is 6.13. The summed E-state index contributed by atoms with van der Waals surface area (Å²) in [5.41, 5.74) is 0.0789. The molecule has 3 fully saturated rings. The number of ether oxygens (including phenoxy) is 1. The fourth-order valence-electron chi connectivity index (χ4n) is 7.18.